The number of nitrogens with zero attached hydrogens (tertiary/aromatic N) is 1. The van der Waals surface area contributed by atoms with E-state index in [1.165, 1.54) is 4.90 Å². The van der Waals surface area contributed by atoms with Crippen LogP contribution in [0.2, 0.25) is 0 Å². The first-order valence-electron chi connectivity index (χ1n) is 5.33. The zero-order valence-corrected chi connectivity index (χ0v) is 8.49. The van der Waals surface area contributed by atoms with Crippen LogP contribution >= 0.6 is 0 Å². The second-order valence-corrected chi connectivity index (χ2v) is 3.99. The summed E-state index contributed by atoms with van der Waals surface area (Å²) in [6, 6.07) is 0. The molecule has 0 aliphatic carbocycles. The van der Waals surface area contributed by atoms with Crippen LogP contribution in [0.15, 0.2) is 0 Å². The average Bonchev–Trinajstić information content (AvgIpc) is 2.40. The number of amides is 3. The summed E-state index contributed by atoms with van der Waals surface area (Å²) in [6.07, 6.45) is 3.05. The number of hydrogen-bond donors (Lipinski definition) is 1. The van der Waals surface area contributed by atoms with E-state index in [4.69, 9.17) is 0 Å². The second-order valence-electron chi connectivity index (χ2n) is 3.99. The maximum atomic E-state index is 11.5. The lowest BCUT2D eigenvalue weighted by molar-refractivity contribution is -0.142. The monoisotopic (exact) mass is 210 g/mol. The molecular weight excluding hydrogens is 196 g/mol. The van der Waals surface area contributed by atoms with E-state index in [-0.39, 0.29) is 30.6 Å². The smallest absolute Gasteiger partial charge is 0.231 e. The van der Waals surface area contributed by atoms with Crippen molar-refractivity contribution >= 4 is 17.7 Å². The van der Waals surface area contributed by atoms with E-state index in [0.717, 1.165) is 12.8 Å². The third-order valence-corrected chi connectivity index (χ3v) is 2.86. The zero-order chi connectivity index (χ0) is 10.8. The Labute approximate surface area is 87.8 Å². The Kier molecular flexibility index (Phi) is 2.70. The highest BCUT2D eigenvalue weighted by Gasteiger charge is 2.36. The van der Waals surface area contributed by atoms with E-state index in [9.17, 15) is 14.4 Å². The van der Waals surface area contributed by atoms with Crippen LogP contribution in [0, 0.1) is 0 Å². The first-order chi connectivity index (χ1) is 7.18. The molecule has 2 heterocycles. The van der Waals surface area contributed by atoms with E-state index in [1.807, 2.05) is 0 Å². The van der Waals surface area contributed by atoms with Crippen LogP contribution in [-0.4, -0.2) is 28.8 Å². The van der Waals surface area contributed by atoms with Gasteiger partial charge in [-0.15, -0.1) is 0 Å². The molecule has 0 radical (unpaired) electrons. The topological polar surface area (TPSA) is 66.5 Å². The Morgan fingerprint density at radius 2 is 1.67 bits per heavy atom. The molecule has 2 aliphatic rings. The van der Waals surface area contributed by atoms with Gasteiger partial charge >= 0.3 is 0 Å². The molecule has 82 valence electrons. The van der Waals surface area contributed by atoms with Gasteiger partial charge in [0, 0.05) is 19.3 Å². The predicted molar refractivity (Wildman–Crippen MR) is 51.5 cm³/mol. The van der Waals surface area contributed by atoms with Crippen LogP contribution in [0.4, 0.5) is 0 Å². The molecule has 3 amide bonds. The minimum absolute atomic E-state index is 0.0648. The van der Waals surface area contributed by atoms with Crippen LogP contribution in [0.25, 0.3) is 0 Å². The average molecular weight is 210 g/mol. The van der Waals surface area contributed by atoms with Crippen molar-refractivity contribution in [3.05, 3.63) is 0 Å². The molecule has 0 saturated carbocycles. The lowest BCUT2D eigenvalue weighted by Crippen LogP contribution is -2.49. The predicted octanol–water partition coefficient (Wildman–Crippen LogP) is 0.152. The third-order valence-electron chi connectivity index (χ3n) is 2.86. The van der Waals surface area contributed by atoms with Gasteiger partial charge < -0.3 is 5.32 Å². The summed E-state index contributed by atoms with van der Waals surface area (Å²) in [5.41, 5.74) is 0. The van der Waals surface area contributed by atoms with Gasteiger partial charge in [-0.25, -0.2) is 0 Å². The Morgan fingerprint density at radius 1 is 1.00 bits per heavy atom. The van der Waals surface area contributed by atoms with Crippen LogP contribution in [-0.2, 0) is 14.4 Å². The first kappa shape index (κ1) is 10.1. The van der Waals surface area contributed by atoms with Gasteiger partial charge in [0.25, 0.3) is 0 Å². The molecule has 2 aliphatic heterocycles. The van der Waals surface area contributed by atoms with Crippen molar-refractivity contribution in [2.75, 3.05) is 0 Å². The number of nitrogens with one attached hydrogen (secondary N) is 1. The van der Waals surface area contributed by atoms with E-state index in [0.29, 0.717) is 12.8 Å². The highest BCUT2D eigenvalue weighted by Crippen LogP contribution is 2.19. The molecule has 2 rings (SSSR count). The number of carbonyl (C=O) groups excluding carboxylic acids is 3. The van der Waals surface area contributed by atoms with E-state index < -0.39 is 6.17 Å². The van der Waals surface area contributed by atoms with Crippen molar-refractivity contribution in [2.24, 2.45) is 0 Å². The Hall–Kier alpha value is -1.39. The first-order valence-corrected chi connectivity index (χ1v) is 5.33. The summed E-state index contributed by atoms with van der Waals surface area (Å²) in [5, 5.41) is 2.73. The minimum atomic E-state index is -0.400. The van der Waals surface area contributed by atoms with Crippen molar-refractivity contribution in [2.45, 2.75) is 44.7 Å². The normalized spacial score (nSPS) is 27.9. The maximum absolute atomic E-state index is 11.5. The number of rotatable bonds is 1. The molecule has 15 heavy (non-hydrogen) atoms. The van der Waals surface area contributed by atoms with Gasteiger partial charge in [-0.2, -0.15) is 0 Å². The van der Waals surface area contributed by atoms with Gasteiger partial charge in [0.2, 0.25) is 17.7 Å². The zero-order valence-electron chi connectivity index (χ0n) is 8.49. The fourth-order valence-corrected chi connectivity index (χ4v) is 2.09. The summed E-state index contributed by atoms with van der Waals surface area (Å²) in [7, 11) is 0. The molecule has 5 heteroatoms. The van der Waals surface area contributed by atoms with Gasteiger partial charge in [-0.05, 0) is 19.3 Å². The molecule has 0 aromatic rings. The van der Waals surface area contributed by atoms with E-state index >= 15 is 0 Å². The van der Waals surface area contributed by atoms with Crippen LogP contribution < -0.4 is 5.32 Å². The van der Waals surface area contributed by atoms with Gasteiger partial charge in [0.1, 0.15) is 6.17 Å². The number of carbonyl (C=O) groups is 3. The summed E-state index contributed by atoms with van der Waals surface area (Å²) in [4.78, 5) is 35.4. The lowest BCUT2D eigenvalue weighted by Gasteiger charge is -2.25. The van der Waals surface area contributed by atoms with E-state index in [2.05, 4.69) is 5.32 Å². The lowest BCUT2D eigenvalue weighted by atomic mass is 10.2. The molecule has 0 aromatic heterocycles. The van der Waals surface area contributed by atoms with Gasteiger partial charge in [-0.1, -0.05) is 0 Å². The molecular formula is C10H14N2O3. The molecule has 0 bridgehead atoms. The Balaban J connectivity index is 2.10. The van der Waals surface area contributed by atoms with Crippen molar-refractivity contribution < 1.29 is 14.4 Å². The molecule has 2 fully saturated rings. The van der Waals surface area contributed by atoms with Crippen molar-refractivity contribution in [3.63, 3.8) is 0 Å². The molecule has 0 spiro atoms. The fraction of sp³-hybridized carbons (Fsp3) is 0.700. The summed E-state index contributed by atoms with van der Waals surface area (Å²) < 4.78 is 0. The number of imide groups is 1. The van der Waals surface area contributed by atoms with Crippen LogP contribution in [0.5, 0.6) is 0 Å². The molecule has 5 nitrogen and oxygen atoms in total. The number of hydrogen-bond acceptors (Lipinski definition) is 3. The molecule has 0 aromatic carbocycles. The molecule has 1 N–H and O–H groups in total. The summed E-state index contributed by atoms with van der Waals surface area (Å²) in [5.74, 6) is -0.385. The fourth-order valence-electron chi connectivity index (χ4n) is 2.09. The SMILES string of the molecule is O=C1CCCCC(N2C(=O)CCC2=O)N1. The molecule has 1 atom stereocenters. The van der Waals surface area contributed by atoms with Gasteiger partial charge in [0.15, 0.2) is 0 Å². The largest absolute Gasteiger partial charge is 0.335 e. The van der Waals surface area contributed by atoms with Crippen LogP contribution in [0.1, 0.15) is 38.5 Å². The Morgan fingerprint density at radius 3 is 2.33 bits per heavy atom. The quantitative estimate of drug-likeness (QED) is 0.626. The second kappa shape index (κ2) is 4.00. The van der Waals surface area contributed by atoms with Crippen molar-refractivity contribution in [1.29, 1.82) is 0 Å². The van der Waals surface area contributed by atoms with Gasteiger partial charge in [-0.3, -0.25) is 19.3 Å². The van der Waals surface area contributed by atoms with Gasteiger partial charge in [0.05, 0.1) is 0 Å². The van der Waals surface area contributed by atoms with Crippen molar-refractivity contribution in [3.8, 4) is 0 Å². The Bertz CT molecular complexity index is 298. The molecule has 1 unspecified atom stereocenters. The highest BCUT2D eigenvalue weighted by molar-refractivity contribution is 6.02. The summed E-state index contributed by atoms with van der Waals surface area (Å²) >= 11 is 0. The minimum Gasteiger partial charge on any atom is -0.335 e. The van der Waals surface area contributed by atoms with E-state index in [1.54, 1.807) is 0 Å². The molecule has 2 saturated heterocycles. The standard InChI is InChI=1S/C10H14N2O3/c13-8-4-2-1-3-7(11-8)12-9(14)5-6-10(12)15/h7H,1-6H2,(H,11,13). The highest BCUT2D eigenvalue weighted by atomic mass is 16.2. The van der Waals surface area contributed by atoms with Crippen LogP contribution in [0.3, 0.4) is 0 Å². The van der Waals surface area contributed by atoms with Crippen molar-refractivity contribution in [1.82, 2.24) is 10.2 Å². The number of likely N-dealkylation sites (tertiary alicyclic amines) is 1. The maximum Gasteiger partial charge on any atom is 0.231 e. The third kappa shape index (κ3) is 2.00. The summed E-state index contributed by atoms with van der Waals surface area (Å²) in [6.45, 7) is 0.